The molecule has 1 N–H and O–H groups in total. The summed E-state index contributed by atoms with van der Waals surface area (Å²) in [5.41, 5.74) is 0.800. The van der Waals surface area contributed by atoms with Crippen LogP contribution in [0.1, 0.15) is 15.9 Å². The minimum Gasteiger partial charge on any atom is -0.289 e. The van der Waals surface area contributed by atoms with E-state index in [-0.39, 0.29) is 21.9 Å². The van der Waals surface area contributed by atoms with Gasteiger partial charge >= 0.3 is 0 Å². The highest BCUT2D eigenvalue weighted by atomic mass is 79.9. The van der Waals surface area contributed by atoms with E-state index in [0.29, 0.717) is 10.6 Å². The molecule has 0 radical (unpaired) electrons. The maximum absolute atomic E-state index is 12.8. The molecule has 0 aliphatic rings. The van der Waals surface area contributed by atoms with Gasteiger partial charge in [0.2, 0.25) is 0 Å². The van der Waals surface area contributed by atoms with Crippen molar-refractivity contribution in [3.05, 3.63) is 93.4 Å². The Morgan fingerprint density at radius 1 is 0.923 bits per heavy atom. The molecule has 0 aliphatic heterocycles. The minimum atomic E-state index is -3.85. The molecule has 3 rings (SSSR count). The van der Waals surface area contributed by atoms with Crippen LogP contribution in [0.15, 0.2) is 82.2 Å². The molecule has 0 spiro atoms. The number of nitrogens with one attached hydrogen (secondary N) is 1. The standard InChI is InChI=1S/C19H13BrClNO3S/c20-14-6-9-16(10-7-14)26(24,25)22-18-11-8-15(21)12-17(18)19(23)13-4-2-1-3-5-13/h1-12,22H. The molecule has 7 heteroatoms. The molecule has 0 atom stereocenters. The third-order valence-corrected chi connectivity index (χ3v) is 5.78. The zero-order chi connectivity index (χ0) is 18.7. The van der Waals surface area contributed by atoms with Crippen LogP contribution in [0.4, 0.5) is 5.69 Å². The molecule has 0 unspecified atom stereocenters. The van der Waals surface area contributed by atoms with Crippen molar-refractivity contribution in [1.82, 2.24) is 0 Å². The fourth-order valence-corrected chi connectivity index (χ4v) is 3.87. The number of halogens is 2. The van der Waals surface area contributed by atoms with Crippen molar-refractivity contribution >= 4 is 49.0 Å². The van der Waals surface area contributed by atoms with Gasteiger partial charge in [-0.3, -0.25) is 9.52 Å². The van der Waals surface area contributed by atoms with Gasteiger partial charge in [-0.05, 0) is 42.5 Å². The largest absolute Gasteiger partial charge is 0.289 e. The van der Waals surface area contributed by atoms with Crippen LogP contribution < -0.4 is 4.72 Å². The number of carbonyl (C=O) groups excluding carboxylic acids is 1. The molecule has 0 saturated heterocycles. The second-order valence-electron chi connectivity index (χ2n) is 5.44. The molecular weight excluding hydrogens is 438 g/mol. The summed E-state index contributed by atoms with van der Waals surface area (Å²) in [4.78, 5) is 12.9. The smallest absolute Gasteiger partial charge is 0.261 e. The van der Waals surface area contributed by atoms with E-state index in [9.17, 15) is 13.2 Å². The third kappa shape index (κ3) is 4.15. The molecular formula is C19H13BrClNO3S. The van der Waals surface area contributed by atoms with E-state index in [2.05, 4.69) is 20.7 Å². The van der Waals surface area contributed by atoms with Gasteiger partial charge in [0.05, 0.1) is 10.6 Å². The average molecular weight is 451 g/mol. The van der Waals surface area contributed by atoms with Gasteiger partial charge in [-0.15, -0.1) is 0 Å². The van der Waals surface area contributed by atoms with Crippen LogP contribution in [0.3, 0.4) is 0 Å². The summed E-state index contributed by atoms with van der Waals surface area (Å²) in [6.07, 6.45) is 0. The van der Waals surface area contributed by atoms with Gasteiger partial charge in [-0.2, -0.15) is 0 Å². The number of carbonyl (C=O) groups is 1. The normalized spacial score (nSPS) is 11.2. The summed E-state index contributed by atoms with van der Waals surface area (Å²) in [5.74, 6) is -0.318. The van der Waals surface area contributed by atoms with E-state index in [4.69, 9.17) is 11.6 Å². The van der Waals surface area contributed by atoms with Gasteiger partial charge < -0.3 is 0 Å². The Morgan fingerprint density at radius 2 is 1.58 bits per heavy atom. The molecule has 0 amide bonds. The first kappa shape index (κ1) is 18.6. The van der Waals surface area contributed by atoms with Crippen LogP contribution in [-0.2, 0) is 10.0 Å². The quantitative estimate of drug-likeness (QED) is 0.548. The van der Waals surface area contributed by atoms with Gasteiger partial charge in [0.1, 0.15) is 0 Å². The average Bonchev–Trinajstić information content (AvgIpc) is 2.63. The third-order valence-electron chi connectivity index (χ3n) is 3.63. The van der Waals surface area contributed by atoms with Crippen molar-refractivity contribution in [3.8, 4) is 0 Å². The zero-order valence-corrected chi connectivity index (χ0v) is 16.5. The van der Waals surface area contributed by atoms with Crippen LogP contribution in [-0.4, -0.2) is 14.2 Å². The fourth-order valence-electron chi connectivity index (χ4n) is 2.36. The number of rotatable bonds is 5. The van der Waals surface area contributed by atoms with Crippen LogP contribution in [0.2, 0.25) is 5.02 Å². The number of sulfonamides is 1. The molecule has 0 heterocycles. The Hall–Kier alpha value is -2.15. The van der Waals surface area contributed by atoms with Crippen LogP contribution in [0.5, 0.6) is 0 Å². The fraction of sp³-hybridized carbons (Fsp3) is 0. The minimum absolute atomic E-state index is 0.0914. The lowest BCUT2D eigenvalue weighted by atomic mass is 10.0. The van der Waals surface area contributed by atoms with E-state index in [0.717, 1.165) is 4.47 Å². The number of hydrogen-bond acceptors (Lipinski definition) is 3. The van der Waals surface area contributed by atoms with E-state index in [1.165, 1.54) is 30.3 Å². The van der Waals surface area contributed by atoms with Gasteiger partial charge in [-0.25, -0.2) is 8.42 Å². The molecule has 3 aromatic rings. The number of hydrogen-bond donors (Lipinski definition) is 1. The molecule has 132 valence electrons. The molecule has 0 aromatic heterocycles. The summed E-state index contributed by atoms with van der Waals surface area (Å²) in [5, 5.41) is 0.343. The molecule has 4 nitrogen and oxygen atoms in total. The summed E-state index contributed by atoms with van der Waals surface area (Å²) in [6.45, 7) is 0. The van der Waals surface area contributed by atoms with Gasteiger partial charge in [0.15, 0.2) is 5.78 Å². The van der Waals surface area contributed by atoms with E-state index < -0.39 is 10.0 Å². The first-order valence-electron chi connectivity index (χ1n) is 7.54. The summed E-state index contributed by atoms with van der Waals surface area (Å²) >= 11 is 9.29. The molecule has 0 aliphatic carbocycles. The first-order chi connectivity index (χ1) is 12.4. The van der Waals surface area contributed by atoms with E-state index >= 15 is 0 Å². The molecule has 26 heavy (non-hydrogen) atoms. The van der Waals surface area contributed by atoms with E-state index in [1.54, 1.807) is 42.5 Å². The molecule has 0 saturated carbocycles. The van der Waals surface area contributed by atoms with Crippen molar-refractivity contribution in [1.29, 1.82) is 0 Å². The van der Waals surface area contributed by atoms with Crippen molar-refractivity contribution in [2.45, 2.75) is 4.90 Å². The Bertz CT molecular complexity index is 1050. The topological polar surface area (TPSA) is 63.2 Å². The summed E-state index contributed by atoms with van der Waals surface area (Å²) < 4.78 is 28.5. The lowest BCUT2D eigenvalue weighted by Gasteiger charge is -2.13. The second-order valence-corrected chi connectivity index (χ2v) is 8.48. The van der Waals surface area contributed by atoms with Crippen LogP contribution in [0.25, 0.3) is 0 Å². The van der Waals surface area contributed by atoms with Crippen molar-refractivity contribution in [3.63, 3.8) is 0 Å². The van der Waals surface area contributed by atoms with Crippen molar-refractivity contribution in [2.75, 3.05) is 4.72 Å². The number of ketones is 1. The lowest BCUT2D eigenvalue weighted by Crippen LogP contribution is -2.16. The zero-order valence-electron chi connectivity index (χ0n) is 13.3. The highest BCUT2D eigenvalue weighted by Gasteiger charge is 2.20. The predicted molar refractivity (Wildman–Crippen MR) is 106 cm³/mol. The Balaban J connectivity index is 2.01. The monoisotopic (exact) mass is 449 g/mol. The van der Waals surface area contributed by atoms with E-state index in [1.807, 2.05) is 0 Å². The molecule has 0 fully saturated rings. The highest BCUT2D eigenvalue weighted by Crippen LogP contribution is 2.26. The summed E-state index contributed by atoms with van der Waals surface area (Å²) in [6, 6.07) is 19.3. The van der Waals surface area contributed by atoms with Crippen molar-refractivity contribution < 1.29 is 13.2 Å². The molecule has 3 aromatic carbocycles. The van der Waals surface area contributed by atoms with Crippen molar-refractivity contribution in [2.24, 2.45) is 0 Å². The summed E-state index contributed by atoms with van der Waals surface area (Å²) in [7, 11) is -3.85. The lowest BCUT2D eigenvalue weighted by molar-refractivity contribution is 0.103. The Labute approximate surface area is 165 Å². The maximum atomic E-state index is 12.8. The number of benzene rings is 3. The number of anilines is 1. The van der Waals surface area contributed by atoms with Crippen LogP contribution in [0, 0.1) is 0 Å². The predicted octanol–water partition coefficient (Wildman–Crippen LogP) is 5.13. The van der Waals surface area contributed by atoms with Crippen LogP contribution >= 0.6 is 27.5 Å². The maximum Gasteiger partial charge on any atom is 0.261 e. The first-order valence-corrected chi connectivity index (χ1v) is 10.2. The highest BCUT2D eigenvalue weighted by molar-refractivity contribution is 9.10. The SMILES string of the molecule is O=C(c1ccccc1)c1cc(Cl)ccc1NS(=O)(=O)c1ccc(Br)cc1. The Kier molecular flexibility index (Phi) is 5.46. The van der Waals surface area contributed by atoms with Gasteiger partial charge in [-0.1, -0.05) is 57.9 Å². The van der Waals surface area contributed by atoms with Gasteiger partial charge in [0.25, 0.3) is 10.0 Å². The second kappa shape index (κ2) is 7.61. The van der Waals surface area contributed by atoms with Gasteiger partial charge in [0, 0.05) is 20.6 Å². The molecule has 0 bridgehead atoms. The Morgan fingerprint density at radius 3 is 2.23 bits per heavy atom.